The van der Waals surface area contributed by atoms with Gasteiger partial charge in [0.15, 0.2) is 0 Å². The summed E-state index contributed by atoms with van der Waals surface area (Å²) in [6.07, 6.45) is 51.7. The second kappa shape index (κ2) is 29.7. The third-order valence-corrected chi connectivity index (χ3v) is 27.6. The minimum atomic E-state index is -0.535. The van der Waals surface area contributed by atoms with E-state index in [-0.39, 0.29) is 18.3 Å². The molecule has 10 aliphatic carbocycles. The molecule has 4 nitrogen and oxygen atoms in total. The fourth-order valence-electron chi connectivity index (χ4n) is 22.6. The Bertz CT molecular complexity index is 2300. The Labute approximate surface area is 525 Å². The first-order valence-electron chi connectivity index (χ1n) is 37.1. The van der Waals surface area contributed by atoms with E-state index >= 15 is 0 Å². The number of aliphatic hydroxyl groups excluding tert-OH is 3. The molecule has 10 saturated carbocycles. The van der Waals surface area contributed by atoms with E-state index in [0.29, 0.717) is 21.7 Å². The van der Waals surface area contributed by atoms with Gasteiger partial charge in [-0.15, -0.1) is 0 Å². The smallest absolute Gasteiger partial charge is 0.0591 e. The minimum absolute atomic E-state index is 0.00830. The van der Waals surface area contributed by atoms with Crippen LogP contribution in [0.15, 0.2) is 70.9 Å². The molecule has 0 spiro atoms. The van der Waals surface area contributed by atoms with Crippen LogP contribution in [0, 0.1) is 105 Å². The molecule has 4 N–H and O–H groups in total. The molecule has 85 heavy (non-hydrogen) atoms. The van der Waals surface area contributed by atoms with E-state index < -0.39 is 5.60 Å². The Hall–Kier alpha value is -1.72. The van der Waals surface area contributed by atoms with E-state index in [9.17, 15) is 20.4 Å². The number of hydrogen-bond donors (Lipinski definition) is 4. The third kappa shape index (κ3) is 16.5. The van der Waals surface area contributed by atoms with E-state index in [0.717, 1.165) is 147 Å². The van der Waals surface area contributed by atoms with Gasteiger partial charge in [-0.25, -0.2) is 0 Å². The Kier molecular flexibility index (Phi) is 24.2. The summed E-state index contributed by atoms with van der Waals surface area (Å²) in [7, 11) is 0. The van der Waals surface area contributed by atoms with Gasteiger partial charge in [-0.3, -0.25) is 0 Å². The average Bonchev–Trinajstić information content (AvgIpc) is 1.88. The molecule has 0 heterocycles. The van der Waals surface area contributed by atoms with Crippen molar-refractivity contribution in [1.29, 1.82) is 0 Å². The molecule has 0 aromatic rings. The number of hydrogen-bond acceptors (Lipinski definition) is 4. The Morgan fingerprint density at radius 2 is 0.918 bits per heavy atom. The lowest BCUT2D eigenvalue weighted by atomic mass is 9.44. The number of fused-ring (bicyclic) bond motifs is 7. The number of rotatable bonds is 17. The van der Waals surface area contributed by atoms with E-state index in [4.69, 9.17) is 0 Å². The summed E-state index contributed by atoms with van der Waals surface area (Å²) in [4.78, 5) is 0. The van der Waals surface area contributed by atoms with E-state index in [1.807, 2.05) is 13.8 Å². The molecular weight excluding hydrogens is 1040 g/mol. The lowest BCUT2D eigenvalue weighted by molar-refractivity contribution is -0.129. The highest BCUT2D eigenvalue weighted by atomic mass is 16.3. The molecule has 10 aliphatic rings. The van der Waals surface area contributed by atoms with E-state index in [1.165, 1.54) is 176 Å². The first-order chi connectivity index (χ1) is 40.2. The van der Waals surface area contributed by atoms with Gasteiger partial charge in [-0.05, 0) is 296 Å². The summed E-state index contributed by atoms with van der Waals surface area (Å²) in [6, 6.07) is 0. The maximum atomic E-state index is 10.3. The summed E-state index contributed by atoms with van der Waals surface area (Å²) < 4.78 is 0. The predicted octanol–water partition coefficient (Wildman–Crippen LogP) is 21.8. The zero-order valence-corrected chi connectivity index (χ0v) is 57.9. The molecule has 0 amide bonds. The van der Waals surface area contributed by atoms with Crippen molar-refractivity contribution in [2.45, 2.75) is 332 Å². The Morgan fingerprint density at radius 1 is 0.471 bits per heavy atom. The molecule has 4 heteroatoms. The maximum Gasteiger partial charge on any atom is 0.0591 e. The van der Waals surface area contributed by atoms with Crippen molar-refractivity contribution in [3.05, 3.63) is 70.9 Å². The van der Waals surface area contributed by atoms with Crippen LogP contribution in [-0.2, 0) is 0 Å². The predicted molar refractivity (Wildman–Crippen MR) is 363 cm³/mol. The standard InChI is InChI=1S/C27H44O2.C27H48O.C27H44O/c1-19-10-13-23(28)18-22(19)12-11-21-9-7-17-27(5)24(14-15-25(21)27)20(2)8-6-16-26(3,4)29;1-18(2)7-6-8-19(3)23-11-12-24-22-10-9-20-17-21(28)13-15-26(20,4)25(22)14-16-27(23,24)5;1-19(2)8-6-9-21(4)25-15-16-26-22(10-7-17-27(25,26)5)12-13-23-18-24(28)14-11-20(23)3/h11-12,20,23-25,28-29H,1,6-10,13-18H2,2-5H3;18-25,28H,6-17H2,1-5H3;12-13,19,21,24-26,28H,3,6-11,14-18H2,1-2,4-5H3/b21-11+,22-12-;;22-12+,23-13-. The van der Waals surface area contributed by atoms with Crippen LogP contribution < -0.4 is 0 Å². The van der Waals surface area contributed by atoms with Gasteiger partial charge >= 0.3 is 0 Å². The third-order valence-electron chi connectivity index (χ3n) is 27.6. The fraction of sp³-hybridized carbons (Fsp3) is 0.852. The molecule has 484 valence electrons. The molecule has 0 aromatic carbocycles. The summed E-state index contributed by atoms with van der Waals surface area (Å²) in [5.74, 6) is 12.1. The van der Waals surface area contributed by atoms with Crippen molar-refractivity contribution in [2.75, 3.05) is 0 Å². The number of aliphatic hydroxyl groups is 4. The maximum absolute atomic E-state index is 10.3. The van der Waals surface area contributed by atoms with Crippen LogP contribution in [0.5, 0.6) is 0 Å². The van der Waals surface area contributed by atoms with Gasteiger partial charge in [-0.1, -0.05) is 187 Å². The normalized spacial score (nSPS) is 41.4. The number of allylic oxidation sites excluding steroid dienone is 8. The molecule has 10 fully saturated rings. The van der Waals surface area contributed by atoms with Crippen LogP contribution >= 0.6 is 0 Å². The minimum Gasteiger partial charge on any atom is -0.393 e. The first kappa shape index (κ1) is 69.2. The van der Waals surface area contributed by atoms with Crippen LogP contribution in [0.4, 0.5) is 0 Å². The molecule has 19 atom stereocenters. The molecule has 0 radical (unpaired) electrons. The van der Waals surface area contributed by atoms with Crippen molar-refractivity contribution in [1.82, 2.24) is 0 Å². The quantitative estimate of drug-likeness (QED) is 0.117. The van der Waals surface area contributed by atoms with Crippen molar-refractivity contribution >= 4 is 0 Å². The van der Waals surface area contributed by atoms with Crippen molar-refractivity contribution < 1.29 is 20.4 Å². The van der Waals surface area contributed by atoms with Crippen LogP contribution in [0.3, 0.4) is 0 Å². The summed E-state index contributed by atoms with van der Waals surface area (Å²) in [5, 5.41) is 40.3. The molecular formula is C81H136O4. The molecule has 0 aromatic heterocycles. The molecule has 0 bridgehead atoms. The highest BCUT2D eigenvalue weighted by Gasteiger charge is 2.61. The zero-order chi connectivity index (χ0) is 61.6. The summed E-state index contributed by atoms with van der Waals surface area (Å²) >= 11 is 0. The highest BCUT2D eigenvalue weighted by Crippen LogP contribution is 2.69. The van der Waals surface area contributed by atoms with Gasteiger partial charge in [0.25, 0.3) is 0 Å². The van der Waals surface area contributed by atoms with Crippen LogP contribution in [0.1, 0.15) is 308 Å². The van der Waals surface area contributed by atoms with Gasteiger partial charge in [0.1, 0.15) is 0 Å². The van der Waals surface area contributed by atoms with Crippen molar-refractivity contribution in [3.8, 4) is 0 Å². The highest BCUT2D eigenvalue weighted by molar-refractivity contribution is 5.37. The van der Waals surface area contributed by atoms with Crippen molar-refractivity contribution in [3.63, 3.8) is 0 Å². The van der Waals surface area contributed by atoms with Gasteiger partial charge in [0.05, 0.1) is 23.9 Å². The lowest BCUT2D eigenvalue weighted by Crippen LogP contribution is -2.54. The lowest BCUT2D eigenvalue weighted by Gasteiger charge is -2.61. The monoisotopic (exact) mass is 1170 g/mol. The van der Waals surface area contributed by atoms with Gasteiger partial charge < -0.3 is 20.4 Å². The summed E-state index contributed by atoms with van der Waals surface area (Å²) in [5.41, 5.74) is 9.89. The molecule has 19 unspecified atom stereocenters. The SMILES string of the molecule is C=C1CCC(O)C/C1=C/C=C1\CCCC2(C)C1CCC2C(C)CCCC(C)(C)O.C=C1CCC(O)C/C1=C/C=C1\CCCC2(C)C1CCC2C(C)CCCC(C)C.CC(C)CCCC(C)C1CCC2C3CCC4CC(O)CCC4(C)C3CCC12C. The topological polar surface area (TPSA) is 80.9 Å². The second-order valence-corrected chi connectivity index (χ2v) is 34.7. The molecule has 10 rings (SSSR count). The van der Waals surface area contributed by atoms with Crippen LogP contribution in [0.2, 0.25) is 0 Å². The van der Waals surface area contributed by atoms with Gasteiger partial charge in [0, 0.05) is 0 Å². The summed E-state index contributed by atoms with van der Waals surface area (Å²) in [6.45, 7) is 39.9. The molecule has 0 aliphatic heterocycles. The Morgan fingerprint density at radius 3 is 1.40 bits per heavy atom. The second-order valence-electron chi connectivity index (χ2n) is 34.7. The Balaban J connectivity index is 0.000000166. The average molecular weight is 1170 g/mol. The zero-order valence-electron chi connectivity index (χ0n) is 57.9. The van der Waals surface area contributed by atoms with E-state index in [2.05, 4.69) is 114 Å². The van der Waals surface area contributed by atoms with Crippen LogP contribution in [0.25, 0.3) is 0 Å². The molecule has 0 saturated heterocycles. The first-order valence-corrected chi connectivity index (χ1v) is 37.1. The fourth-order valence-corrected chi connectivity index (χ4v) is 22.6. The van der Waals surface area contributed by atoms with Crippen molar-refractivity contribution in [2.24, 2.45) is 105 Å². The van der Waals surface area contributed by atoms with Crippen LogP contribution in [-0.4, -0.2) is 44.3 Å². The van der Waals surface area contributed by atoms with Gasteiger partial charge in [-0.2, -0.15) is 0 Å². The largest absolute Gasteiger partial charge is 0.393 e. The van der Waals surface area contributed by atoms with E-state index in [1.54, 1.807) is 11.1 Å². The van der Waals surface area contributed by atoms with Gasteiger partial charge in [0.2, 0.25) is 0 Å².